The molecule has 1 aromatic carbocycles. The van der Waals surface area contributed by atoms with Crippen molar-refractivity contribution in [3.63, 3.8) is 0 Å². The van der Waals surface area contributed by atoms with Gasteiger partial charge < -0.3 is 5.32 Å². The van der Waals surface area contributed by atoms with Gasteiger partial charge in [-0.05, 0) is 17.7 Å². The second-order valence-corrected chi connectivity index (χ2v) is 5.39. The highest BCUT2D eigenvalue weighted by Gasteiger charge is 2.42. The molecule has 22 heavy (non-hydrogen) atoms. The molecule has 116 valence electrons. The maximum atomic E-state index is 11.8. The van der Waals surface area contributed by atoms with Crippen molar-refractivity contribution in [1.82, 2.24) is 15.1 Å². The van der Waals surface area contributed by atoms with Crippen LogP contribution in [0.2, 0.25) is 10.0 Å². The molecule has 1 heterocycles. The normalized spacial score (nSPS) is 14.8. The smallest absolute Gasteiger partial charge is 0.334 e. The molecule has 0 atom stereocenters. The third kappa shape index (κ3) is 3.20. The molecule has 7 nitrogen and oxygen atoms in total. The summed E-state index contributed by atoms with van der Waals surface area (Å²) in [5.74, 6) is -2.57. The molecule has 1 N–H and O–H groups in total. The lowest BCUT2D eigenvalue weighted by Crippen LogP contribution is -2.40. The largest absolute Gasteiger partial charge is 0.350 e. The Hall–Kier alpha value is -2.12. The van der Waals surface area contributed by atoms with E-state index in [0.29, 0.717) is 25.4 Å². The zero-order chi connectivity index (χ0) is 16.4. The number of amides is 5. The summed E-state index contributed by atoms with van der Waals surface area (Å²) in [7, 11) is 1.17. The first-order valence-electron chi connectivity index (χ1n) is 6.15. The number of likely N-dealkylation sites (N-methyl/N-ethyl adjacent to an activating group) is 1. The molecule has 0 bridgehead atoms. The van der Waals surface area contributed by atoms with Gasteiger partial charge in [0, 0.05) is 23.6 Å². The summed E-state index contributed by atoms with van der Waals surface area (Å²) in [5.41, 5.74) is 0.631. The van der Waals surface area contributed by atoms with Crippen molar-refractivity contribution < 1.29 is 19.2 Å². The molecule has 0 aromatic heterocycles. The van der Waals surface area contributed by atoms with Crippen LogP contribution in [0.5, 0.6) is 0 Å². The van der Waals surface area contributed by atoms with Crippen LogP contribution in [-0.2, 0) is 20.9 Å². The van der Waals surface area contributed by atoms with E-state index in [4.69, 9.17) is 23.2 Å². The summed E-state index contributed by atoms with van der Waals surface area (Å²) >= 11 is 11.7. The van der Waals surface area contributed by atoms with Crippen LogP contribution < -0.4 is 5.32 Å². The van der Waals surface area contributed by atoms with Crippen LogP contribution >= 0.6 is 23.2 Å². The summed E-state index contributed by atoms with van der Waals surface area (Å²) in [6.07, 6.45) is 0. The predicted octanol–water partition coefficient (Wildman–Crippen LogP) is 1.03. The number of halogens is 2. The van der Waals surface area contributed by atoms with Gasteiger partial charge >= 0.3 is 17.8 Å². The Morgan fingerprint density at radius 3 is 2.41 bits per heavy atom. The fourth-order valence-corrected chi connectivity index (χ4v) is 2.29. The van der Waals surface area contributed by atoms with E-state index in [1.807, 2.05) is 0 Å². The Morgan fingerprint density at radius 2 is 1.86 bits per heavy atom. The van der Waals surface area contributed by atoms with E-state index in [0.717, 1.165) is 0 Å². The fourth-order valence-electron chi connectivity index (χ4n) is 1.81. The van der Waals surface area contributed by atoms with Crippen molar-refractivity contribution in [1.29, 1.82) is 0 Å². The second-order valence-electron chi connectivity index (χ2n) is 4.55. The zero-order valence-electron chi connectivity index (χ0n) is 11.4. The van der Waals surface area contributed by atoms with E-state index < -0.39 is 30.3 Å². The van der Waals surface area contributed by atoms with Crippen LogP contribution in [-0.4, -0.2) is 47.1 Å². The van der Waals surface area contributed by atoms with Crippen LogP contribution in [0.4, 0.5) is 4.79 Å². The van der Waals surface area contributed by atoms with E-state index in [1.165, 1.54) is 13.1 Å². The van der Waals surface area contributed by atoms with E-state index in [-0.39, 0.29) is 6.54 Å². The molecule has 1 aliphatic rings. The minimum Gasteiger partial charge on any atom is -0.350 e. The number of hydrogen-bond donors (Lipinski definition) is 1. The van der Waals surface area contributed by atoms with Crippen LogP contribution in [0, 0.1) is 0 Å². The first-order chi connectivity index (χ1) is 10.3. The van der Waals surface area contributed by atoms with Gasteiger partial charge in [-0.15, -0.1) is 0 Å². The van der Waals surface area contributed by atoms with Gasteiger partial charge in [0.15, 0.2) is 0 Å². The summed E-state index contributed by atoms with van der Waals surface area (Å²) in [6, 6.07) is 3.98. The highest BCUT2D eigenvalue weighted by Crippen LogP contribution is 2.20. The van der Waals surface area contributed by atoms with Gasteiger partial charge in [0.2, 0.25) is 5.91 Å². The average molecular weight is 344 g/mol. The SMILES string of the molecule is CN1C(=O)C(=O)N(CC(=O)NCc2ccc(Cl)cc2Cl)C1=O. The van der Waals surface area contributed by atoms with E-state index in [9.17, 15) is 19.2 Å². The van der Waals surface area contributed by atoms with Gasteiger partial charge in [-0.2, -0.15) is 0 Å². The topological polar surface area (TPSA) is 86.8 Å². The monoisotopic (exact) mass is 343 g/mol. The molecule has 2 rings (SSSR count). The molecule has 0 saturated carbocycles. The summed E-state index contributed by atoms with van der Waals surface area (Å²) in [5, 5.41) is 3.37. The molecule has 0 unspecified atom stereocenters. The quantitative estimate of drug-likeness (QED) is 0.653. The van der Waals surface area contributed by atoms with Crippen LogP contribution in [0.1, 0.15) is 5.56 Å². The minimum atomic E-state index is -1.02. The van der Waals surface area contributed by atoms with Gasteiger partial charge in [0.25, 0.3) is 0 Å². The van der Waals surface area contributed by atoms with Crippen molar-refractivity contribution in [2.45, 2.75) is 6.54 Å². The maximum Gasteiger partial charge on any atom is 0.334 e. The van der Waals surface area contributed by atoms with Crippen molar-refractivity contribution >= 4 is 47.0 Å². The molecule has 1 fully saturated rings. The average Bonchev–Trinajstić information content (AvgIpc) is 2.64. The number of urea groups is 1. The number of imide groups is 2. The first kappa shape index (κ1) is 16.3. The number of carbonyl (C=O) groups excluding carboxylic acids is 4. The summed E-state index contributed by atoms with van der Waals surface area (Å²) < 4.78 is 0. The summed E-state index contributed by atoms with van der Waals surface area (Å²) in [6.45, 7) is -0.423. The van der Waals surface area contributed by atoms with Crippen LogP contribution in [0.15, 0.2) is 18.2 Å². The summed E-state index contributed by atoms with van der Waals surface area (Å²) in [4.78, 5) is 47.5. The Kier molecular flexibility index (Phi) is 4.68. The number of benzene rings is 1. The lowest BCUT2D eigenvalue weighted by atomic mass is 10.2. The van der Waals surface area contributed by atoms with Crippen molar-refractivity contribution in [2.75, 3.05) is 13.6 Å². The second kappa shape index (κ2) is 6.33. The standard InChI is InChI=1S/C13H11Cl2N3O4/c1-17-11(20)12(21)18(13(17)22)6-10(19)16-5-7-2-3-8(14)4-9(7)15/h2-4H,5-6H2,1H3,(H,16,19). The molecule has 5 amide bonds. The molecular weight excluding hydrogens is 333 g/mol. The molecular formula is C13H11Cl2N3O4. The molecule has 0 spiro atoms. The molecule has 1 saturated heterocycles. The lowest BCUT2D eigenvalue weighted by molar-refractivity contribution is -0.143. The predicted molar refractivity (Wildman–Crippen MR) is 78.2 cm³/mol. The van der Waals surface area contributed by atoms with Crippen LogP contribution in [0.25, 0.3) is 0 Å². The zero-order valence-corrected chi connectivity index (χ0v) is 12.9. The minimum absolute atomic E-state index is 0.106. The number of nitrogens with zero attached hydrogens (tertiary/aromatic N) is 2. The Morgan fingerprint density at radius 1 is 1.18 bits per heavy atom. The number of nitrogens with one attached hydrogen (secondary N) is 1. The Balaban J connectivity index is 1.95. The molecule has 1 aromatic rings. The van der Waals surface area contributed by atoms with E-state index in [2.05, 4.69) is 5.32 Å². The number of carbonyl (C=O) groups is 4. The van der Waals surface area contributed by atoms with Gasteiger partial charge in [0.05, 0.1) is 0 Å². The molecule has 1 aliphatic heterocycles. The first-order valence-corrected chi connectivity index (χ1v) is 6.91. The highest BCUT2D eigenvalue weighted by atomic mass is 35.5. The fraction of sp³-hybridized carbons (Fsp3) is 0.231. The molecule has 0 aliphatic carbocycles. The van der Waals surface area contributed by atoms with Gasteiger partial charge in [0.1, 0.15) is 6.54 Å². The maximum absolute atomic E-state index is 11.8. The van der Waals surface area contributed by atoms with Gasteiger partial charge in [-0.25, -0.2) is 9.69 Å². The number of hydrogen-bond acceptors (Lipinski definition) is 4. The van der Waals surface area contributed by atoms with Gasteiger partial charge in [-0.1, -0.05) is 29.3 Å². The van der Waals surface area contributed by atoms with Crippen molar-refractivity contribution in [3.8, 4) is 0 Å². The van der Waals surface area contributed by atoms with E-state index in [1.54, 1.807) is 12.1 Å². The lowest BCUT2D eigenvalue weighted by Gasteiger charge is -2.13. The Bertz CT molecular complexity index is 677. The third-order valence-electron chi connectivity index (χ3n) is 3.04. The van der Waals surface area contributed by atoms with Gasteiger partial charge in [-0.3, -0.25) is 19.3 Å². The van der Waals surface area contributed by atoms with E-state index >= 15 is 0 Å². The Labute approximate surface area is 135 Å². The highest BCUT2D eigenvalue weighted by molar-refractivity contribution is 6.44. The number of rotatable bonds is 4. The van der Waals surface area contributed by atoms with Crippen molar-refractivity contribution in [3.05, 3.63) is 33.8 Å². The molecule has 9 heteroatoms. The van der Waals surface area contributed by atoms with Crippen LogP contribution in [0.3, 0.4) is 0 Å². The third-order valence-corrected chi connectivity index (χ3v) is 3.63. The molecule has 0 radical (unpaired) electrons. The van der Waals surface area contributed by atoms with Crippen molar-refractivity contribution in [2.24, 2.45) is 0 Å².